The van der Waals surface area contributed by atoms with Crippen molar-refractivity contribution in [1.82, 2.24) is 14.8 Å². The van der Waals surface area contributed by atoms with Crippen molar-refractivity contribution in [3.05, 3.63) is 106 Å². The maximum atomic E-state index is 13.5. The molecule has 4 aromatic rings. The third-order valence-electron chi connectivity index (χ3n) is 5.70. The molecule has 0 bridgehead atoms. The minimum Gasteiger partial charge on any atom is -0.328 e. The summed E-state index contributed by atoms with van der Waals surface area (Å²) in [6.45, 7) is 3.94. The molecule has 0 saturated heterocycles. The smallest absolute Gasteiger partial charge is 0.255 e. The highest BCUT2D eigenvalue weighted by Gasteiger charge is 2.34. The number of aromatic nitrogens is 3. The molecular weight excluding hydrogens is 478 g/mol. The lowest BCUT2D eigenvalue weighted by Gasteiger charge is -2.28. The van der Waals surface area contributed by atoms with E-state index in [1.807, 2.05) is 92.7 Å². The number of benzene rings is 3. The topological polar surface area (TPSA) is 71.8 Å². The molecule has 1 aliphatic heterocycles. The molecule has 6 nitrogen and oxygen atoms in total. The number of anilines is 2. The first-order chi connectivity index (χ1) is 16.0. The largest absolute Gasteiger partial charge is 0.328 e. The van der Waals surface area contributed by atoms with Gasteiger partial charge in [0.25, 0.3) is 5.91 Å². The third kappa shape index (κ3) is 4.07. The van der Waals surface area contributed by atoms with Gasteiger partial charge in [0.2, 0.25) is 5.95 Å². The van der Waals surface area contributed by atoms with Gasteiger partial charge < -0.3 is 10.6 Å². The maximum Gasteiger partial charge on any atom is 0.255 e. The molecule has 3 aromatic carbocycles. The average Bonchev–Trinajstić information content (AvgIpc) is 3.23. The zero-order valence-corrected chi connectivity index (χ0v) is 19.8. The zero-order chi connectivity index (χ0) is 22.9. The highest BCUT2D eigenvalue weighted by molar-refractivity contribution is 9.10. The number of halogens is 1. The van der Waals surface area contributed by atoms with E-state index in [0.717, 1.165) is 32.5 Å². The van der Waals surface area contributed by atoms with Gasteiger partial charge in [0.1, 0.15) is 6.04 Å². The molecule has 0 radical (unpaired) electrons. The number of para-hydroxylation sites is 1. The second kappa shape index (κ2) is 8.67. The summed E-state index contributed by atoms with van der Waals surface area (Å²) in [7, 11) is 0. The zero-order valence-electron chi connectivity index (χ0n) is 18.2. The van der Waals surface area contributed by atoms with E-state index >= 15 is 0 Å². The second-order valence-electron chi connectivity index (χ2n) is 7.96. The van der Waals surface area contributed by atoms with Crippen LogP contribution >= 0.6 is 15.9 Å². The fourth-order valence-corrected chi connectivity index (χ4v) is 4.32. The number of carbonyl (C=O) groups excluding carboxylic acids is 1. The Kier molecular flexibility index (Phi) is 5.56. The quantitative estimate of drug-likeness (QED) is 0.364. The molecular formula is C26H22BrN5O. The fraction of sp³-hybridized carbons (Fsp3) is 0.115. The van der Waals surface area contributed by atoms with E-state index in [1.165, 1.54) is 0 Å². The molecule has 0 saturated carbocycles. The fourth-order valence-electron chi connectivity index (χ4n) is 4.06. The van der Waals surface area contributed by atoms with Crippen LogP contribution in [0.3, 0.4) is 0 Å². The van der Waals surface area contributed by atoms with Crippen LogP contribution in [0, 0.1) is 6.92 Å². The highest BCUT2D eigenvalue weighted by Crippen LogP contribution is 2.37. The van der Waals surface area contributed by atoms with E-state index < -0.39 is 6.04 Å². The Morgan fingerprint density at radius 1 is 0.970 bits per heavy atom. The summed E-state index contributed by atoms with van der Waals surface area (Å²) in [4.78, 5) is 18.3. The van der Waals surface area contributed by atoms with E-state index in [9.17, 15) is 4.79 Å². The van der Waals surface area contributed by atoms with E-state index in [4.69, 9.17) is 10.1 Å². The van der Waals surface area contributed by atoms with Gasteiger partial charge in [-0.2, -0.15) is 4.98 Å². The van der Waals surface area contributed by atoms with Crippen LogP contribution in [0.5, 0.6) is 0 Å². The molecule has 1 aromatic heterocycles. The Balaban J connectivity index is 1.62. The van der Waals surface area contributed by atoms with Crippen molar-refractivity contribution in [3.8, 4) is 11.4 Å². The van der Waals surface area contributed by atoms with Crippen LogP contribution in [0.15, 0.2) is 94.6 Å². The minimum absolute atomic E-state index is 0.183. The Labute approximate surface area is 200 Å². The van der Waals surface area contributed by atoms with Crippen molar-refractivity contribution in [1.29, 1.82) is 0 Å². The van der Waals surface area contributed by atoms with E-state index in [0.29, 0.717) is 17.3 Å². The summed E-state index contributed by atoms with van der Waals surface area (Å²) in [6.07, 6.45) is 0. The average molecular weight is 500 g/mol. The molecule has 2 N–H and O–H groups in total. The molecule has 1 amide bonds. The van der Waals surface area contributed by atoms with Crippen molar-refractivity contribution < 1.29 is 4.79 Å². The summed E-state index contributed by atoms with van der Waals surface area (Å²) < 4.78 is 2.77. The molecule has 0 spiro atoms. The van der Waals surface area contributed by atoms with Crippen LogP contribution in [0.25, 0.3) is 11.4 Å². The number of nitrogens with zero attached hydrogens (tertiary/aromatic N) is 3. The van der Waals surface area contributed by atoms with Gasteiger partial charge in [-0.25, -0.2) is 4.68 Å². The lowest BCUT2D eigenvalue weighted by atomic mass is 9.95. The normalized spacial score (nSPS) is 15.1. The Morgan fingerprint density at radius 3 is 2.39 bits per heavy atom. The minimum atomic E-state index is -0.427. The number of aryl methyl sites for hydroxylation is 1. The number of hydrogen-bond donors (Lipinski definition) is 2. The number of amides is 1. The first-order valence-electron chi connectivity index (χ1n) is 10.6. The standard InChI is InChI=1S/C26H22BrN5O/c1-16-8-6-7-11-21(16)24-30-26-28-17(2)22(25(33)29-20-9-4-3-5-10-20)23(32(26)31-24)18-12-14-19(27)15-13-18/h3-15,23H,1-2H3,(H,29,33)(H,28,30,31). The van der Waals surface area contributed by atoms with Gasteiger partial charge in [-0.3, -0.25) is 4.79 Å². The second-order valence-corrected chi connectivity index (χ2v) is 8.87. The third-order valence-corrected chi connectivity index (χ3v) is 6.23. The van der Waals surface area contributed by atoms with Crippen LogP contribution in [0.1, 0.15) is 24.1 Å². The molecule has 1 unspecified atom stereocenters. The van der Waals surface area contributed by atoms with Gasteiger partial charge in [-0.15, -0.1) is 5.10 Å². The Morgan fingerprint density at radius 2 is 1.67 bits per heavy atom. The first-order valence-corrected chi connectivity index (χ1v) is 11.4. The number of carbonyl (C=O) groups is 1. The number of rotatable bonds is 4. The van der Waals surface area contributed by atoms with Crippen LogP contribution < -0.4 is 10.6 Å². The molecule has 7 heteroatoms. The monoisotopic (exact) mass is 499 g/mol. The molecule has 5 rings (SSSR count). The molecule has 0 aliphatic carbocycles. The summed E-state index contributed by atoms with van der Waals surface area (Å²) in [5.41, 5.74) is 5.07. The number of fused-ring (bicyclic) bond motifs is 1. The summed E-state index contributed by atoms with van der Waals surface area (Å²) in [6, 6.07) is 25.0. The Bertz CT molecular complexity index is 1360. The van der Waals surface area contributed by atoms with Gasteiger partial charge in [0.05, 0.1) is 5.57 Å². The maximum absolute atomic E-state index is 13.5. The van der Waals surface area contributed by atoms with E-state index in [-0.39, 0.29) is 5.91 Å². The van der Waals surface area contributed by atoms with Crippen LogP contribution in [0.2, 0.25) is 0 Å². The Hall–Kier alpha value is -3.71. The van der Waals surface area contributed by atoms with Gasteiger partial charge in [0, 0.05) is 21.4 Å². The van der Waals surface area contributed by atoms with E-state index in [1.54, 1.807) is 4.68 Å². The number of hydrogen-bond acceptors (Lipinski definition) is 4. The molecule has 164 valence electrons. The predicted octanol–water partition coefficient (Wildman–Crippen LogP) is 5.94. The summed E-state index contributed by atoms with van der Waals surface area (Å²) in [5, 5.41) is 11.2. The lowest BCUT2D eigenvalue weighted by molar-refractivity contribution is -0.113. The molecule has 2 heterocycles. The summed E-state index contributed by atoms with van der Waals surface area (Å²) in [5.74, 6) is 1.04. The van der Waals surface area contributed by atoms with Crippen LogP contribution in [-0.2, 0) is 4.79 Å². The number of allylic oxidation sites excluding steroid dienone is 1. The van der Waals surface area contributed by atoms with Crippen molar-refractivity contribution in [2.75, 3.05) is 10.6 Å². The van der Waals surface area contributed by atoms with Crippen LogP contribution in [0.4, 0.5) is 11.6 Å². The SMILES string of the molecule is CC1=C(C(=O)Nc2ccccc2)C(c2ccc(Br)cc2)n2nc(-c3ccccc3C)nc2N1. The van der Waals surface area contributed by atoms with Crippen molar-refractivity contribution >= 4 is 33.5 Å². The van der Waals surface area contributed by atoms with Crippen molar-refractivity contribution in [3.63, 3.8) is 0 Å². The van der Waals surface area contributed by atoms with Gasteiger partial charge in [-0.05, 0) is 49.2 Å². The summed E-state index contributed by atoms with van der Waals surface area (Å²) >= 11 is 3.51. The predicted molar refractivity (Wildman–Crippen MR) is 134 cm³/mol. The van der Waals surface area contributed by atoms with Gasteiger partial charge in [0.15, 0.2) is 5.82 Å². The molecule has 1 atom stereocenters. The molecule has 1 aliphatic rings. The number of nitrogens with one attached hydrogen (secondary N) is 2. The van der Waals surface area contributed by atoms with Gasteiger partial charge >= 0.3 is 0 Å². The van der Waals surface area contributed by atoms with Gasteiger partial charge in [-0.1, -0.05) is 70.5 Å². The first kappa shape index (κ1) is 21.2. The molecule has 33 heavy (non-hydrogen) atoms. The molecule has 0 fully saturated rings. The van der Waals surface area contributed by atoms with Crippen molar-refractivity contribution in [2.24, 2.45) is 0 Å². The van der Waals surface area contributed by atoms with Crippen LogP contribution in [-0.4, -0.2) is 20.7 Å². The van der Waals surface area contributed by atoms with E-state index in [2.05, 4.69) is 26.6 Å². The lowest BCUT2D eigenvalue weighted by Crippen LogP contribution is -2.31. The highest BCUT2D eigenvalue weighted by atomic mass is 79.9. The van der Waals surface area contributed by atoms with Crippen molar-refractivity contribution in [2.45, 2.75) is 19.9 Å².